The second-order valence-electron chi connectivity index (χ2n) is 6.94. The first kappa shape index (κ1) is 22.5. The van der Waals surface area contributed by atoms with Crippen LogP contribution in [0.3, 0.4) is 0 Å². The van der Waals surface area contributed by atoms with Crippen LogP contribution in [0.25, 0.3) is 5.52 Å². The van der Waals surface area contributed by atoms with Crippen molar-refractivity contribution >= 4 is 17.3 Å². The van der Waals surface area contributed by atoms with Crippen molar-refractivity contribution in [2.75, 3.05) is 20.0 Å². The highest BCUT2D eigenvalue weighted by Crippen LogP contribution is 2.31. The van der Waals surface area contributed by atoms with E-state index in [1.807, 2.05) is 30.3 Å². The fraction of sp³-hybridized carbons (Fsp3) is 0.125. The van der Waals surface area contributed by atoms with Gasteiger partial charge in [-0.2, -0.15) is 5.10 Å². The summed E-state index contributed by atoms with van der Waals surface area (Å²) in [5.41, 5.74) is 6.59. The Kier molecular flexibility index (Phi) is 6.27. The van der Waals surface area contributed by atoms with Crippen LogP contribution in [0.5, 0.6) is 11.5 Å². The van der Waals surface area contributed by atoms with Crippen LogP contribution in [-0.4, -0.2) is 34.8 Å². The van der Waals surface area contributed by atoms with Crippen LogP contribution in [0.2, 0.25) is 0 Å². The molecule has 0 saturated heterocycles. The Morgan fingerprint density at radius 1 is 1.06 bits per heavy atom. The van der Waals surface area contributed by atoms with Gasteiger partial charge in [-0.3, -0.25) is 0 Å². The van der Waals surface area contributed by atoms with Gasteiger partial charge in [-0.15, -0.1) is 0 Å². The van der Waals surface area contributed by atoms with Gasteiger partial charge in [0.05, 0.1) is 19.8 Å². The number of hydrogen-bond donors (Lipinski definition) is 1. The molecule has 34 heavy (non-hydrogen) atoms. The largest absolute Gasteiger partial charge is 0.493 e. The molecule has 2 heterocycles. The van der Waals surface area contributed by atoms with E-state index in [1.54, 1.807) is 0 Å². The maximum atomic E-state index is 14.7. The molecule has 2 aromatic heterocycles. The van der Waals surface area contributed by atoms with Crippen LogP contribution in [0.1, 0.15) is 27.2 Å². The molecule has 2 aromatic carbocycles. The van der Waals surface area contributed by atoms with E-state index >= 15 is 0 Å². The number of esters is 1. The second-order valence-corrected chi connectivity index (χ2v) is 6.94. The van der Waals surface area contributed by atoms with Crippen molar-refractivity contribution in [3.05, 3.63) is 82.8 Å². The minimum atomic E-state index is -0.997. The summed E-state index contributed by atoms with van der Waals surface area (Å²) in [4.78, 5) is 16.7. The molecule has 0 saturated carbocycles. The van der Waals surface area contributed by atoms with Crippen LogP contribution in [-0.2, 0) is 11.3 Å². The maximum absolute atomic E-state index is 14.7. The number of carbonyl (C=O) groups excluding carboxylic acids is 1. The summed E-state index contributed by atoms with van der Waals surface area (Å²) in [5, 5.41) is 4.05. The van der Waals surface area contributed by atoms with Crippen molar-refractivity contribution in [1.29, 1.82) is 0 Å². The van der Waals surface area contributed by atoms with E-state index in [2.05, 4.69) is 21.9 Å². The Bertz CT molecular complexity index is 1410. The molecular weight excluding hydrogens is 446 g/mol. The lowest BCUT2D eigenvalue weighted by Gasteiger charge is -2.08. The number of nitrogen functional groups attached to an aromatic ring is 1. The number of hydrogen-bond acceptors (Lipinski definition) is 7. The molecule has 172 valence electrons. The van der Waals surface area contributed by atoms with Gasteiger partial charge in [-0.05, 0) is 11.6 Å². The predicted molar refractivity (Wildman–Crippen MR) is 118 cm³/mol. The number of methoxy groups -OCH3 is 2. The highest BCUT2D eigenvalue weighted by molar-refractivity contribution is 5.92. The van der Waals surface area contributed by atoms with Crippen LogP contribution in [0, 0.1) is 23.5 Å². The average molecular weight is 464 g/mol. The molecule has 0 unspecified atom stereocenters. The van der Waals surface area contributed by atoms with Gasteiger partial charge in [-0.25, -0.2) is 23.1 Å². The Labute approximate surface area is 192 Å². The van der Waals surface area contributed by atoms with E-state index in [-0.39, 0.29) is 40.7 Å². The molecule has 4 rings (SSSR count). The van der Waals surface area contributed by atoms with E-state index in [9.17, 15) is 13.6 Å². The van der Waals surface area contributed by atoms with Crippen molar-refractivity contribution in [3.8, 4) is 23.3 Å². The van der Waals surface area contributed by atoms with Crippen LogP contribution in [0.15, 0.2) is 48.8 Å². The lowest BCUT2D eigenvalue weighted by molar-refractivity contribution is 0.0463. The minimum Gasteiger partial charge on any atom is -0.493 e. The number of rotatable bonds is 5. The van der Waals surface area contributed by atoms with Crippen LogP contribution >= 0.6 is 0 Å². The van der Waals surface area contributed by atoms with E-state index in [1.165, 1.54) is 31.1 Å². The second kappa shape index (κ2) is 9.46. The number of nitrogens with zero attached hydrogens (tertiary/aromatic N) is 3. The summed E-state index contributed by atoms with van der Waals surface area (Å²) in [6.07, 6.45) is 1.17. The zero-order valence-electron chi connectivity index (χ0n) is 18.1. The molecule has 2 N–H and O–H groups in total. The van der Waals surface area contributed by atoms with Gasteiger partial charge >= 0.3 is 5.97 Å². The van der Waals surface area contributed by atoms with E-state index in [0.29, 0.717) is 0 Å². The molecule has 0 aliphatic heterocycles. The minimum absolute atomic E-state index is 0.0191. The highest BCUT2D eigenvalue weighted by atomic mass is 19.1. The first-order valence-electron chi connectivity index (χ1n) is 9.89. The number of carbonyl (C=O) groups is 1. The third-order valence-electron chi connectivity index (χ3n) is 4.90. The summed E-state index contributed by atoms with van der Waals surface area (Å²) in [7, 11) is 2.47. The topological polar surface area (TPSA) is 101 Å². The van der Waals surface area contributed by atoms with Gasteiger partial charge in [-0.1, -0.05) is 42.2 Å². The van der Waals surface area contributed by atoms with Crippen LogP contribution < -0.4 is 15.2 Å². The zero-order valence-corrected chi connectivity index (χ0v) is 18.1. The van der Waals surface area contributed by atoms with Crippen molar-refractivity contribution in [2.24, 2.45) is 0 Å². The Hall–Kier alpha value is -4.65. The summed E-state index contributed by atoms with van der Waals surface area (Å²) in [6.45, 7) is 0.0362. The molecule has 4 aromatic rings. The fourth-order valence-corrected chi connectivity index (χ4v) is 3.23. The van der Waals surface area contributed by atoms with Gasteiger partial charge in [0, 0.05) is 6.07 Å². The van der Waals surface area contributed by atoms with E-state index in [4.69, 9.17) is 19.9 Å². The lowest BCUT2D eigenvalue weighted by atomic mass is 10.1. The number of fused-ring (bicyclic) bond motifs is 1. The van der Waals surface area contributed by atoms with Gasteiger partial charge in [0.2, 0.25) is 0 Å². The Morgan fingerprint density at radius 3 is 2.38 bits per heavy atom. The third-order valence-corrected chi connectivity index (χ3v) is 4.90. The van der Waals surface area contributed by atoms with Gasteiger partial charge in [0.15, 0.2) is 34.6 Å². The molecule has 10 heteroatoms. The maximum Gasteiger partial charge on any atom is 0.357 e. The van der Waals surface area contributed by atoms with Gasteiger partial charge in [0.1, 0.15) is 24.0 Å². The van der Waals surface area contributed by atoms with Crippen molar-refractivity contribution < 1.29 is 27.8 Å². The van der Waals surface area contributed by atoms with E-state index < -0.39 is 23.2 Å². The number of aromatic nitrogens is 3. The van der Waals surface area contributed by atoms with Gasteiger partial charge < -0.3 is 19.9 Å². The van der Waals surface area contributed by atoms with E-state index in [0.717, 1.165) is 11.6 Å². The number of benzene rings is 2. The molecule has 0 aliphatic carbocycles. The SMILES string of the molecule is COc1cc(OC)c(F)c(C#Cc2cc(C(=O)OCc3ccccc3)n3ncnc(N)c23)c1F. The molecule has 0 bridgehead atoms. The van der Waals surface area contributed by atoms with Crippen molar-refractivity contribution in [1.82, 2.24) is 14.6 Å². The molecule has 0 aliphatic rings. The van der Waals surface area contributed by atoms with Crippen molar-refractivity contribution in [2.45, 2.75) is 6.61 Å². The Balaban J connectivity index is 1.76. The number of halogens is 2. The number of nitrogens with two attached hydrogens (primary N) is 1. The molecule has 0 spiro atoms. The van der Waals surface area contributed by atoms with Gasteiger partial charge in [0.25, 0.3) is 0 Å². The fourth-order valence-electron chi connectivity index (χ4n) is 3.23. The number of anilines is 1. The number of ether oxygens (including phenoxy) is 3. The van der Waals surface area contributed by atoms with Crippen LogP contribution in [0.4, 0.5) is 14.6 Å². The quantitative estimate of drug-likeness (QED) is 0.357. The average Bonchev–Trinajstić information content (AvgIpc) is 3.23. The van der Waals surface area contributed by atoms with Crippen molar-refractivity contribution in [3.63, 3.8) is 0 Å². The molecule has 0 radical (unpaired) electrons. The third kappa shape index (κ3) is 4.19. The molecule has 0 amide bonds. The zero-order chi connectivity index (χ0) is 24.2. The first-order valence-corrected chi connectivity index (χ1v) is 9.89. The highest BCUT2D eigenvalue weighted by Gasteiger charge is 2.21. The predicted octanol–water partition coefficient (Wildman–Crippen LogP) is 3.36. The lowest BCUT2D eigenvalue weighted by Crippen LogP contribution is -2.10. The molecule has 0 fully saturated rings. The summed E-state index contributed by atoms with van der Waals surface area (Å²) in [5.74, 6) is 1.95. The molecule has 0 atom stereocenters. The molecule has 8 nitrogen and oxygen atoms in total. The Morgan fingerprint density at radius 2 is 1.74 bits per heavy atom. The first-order chi connectivity index (χ1) is 16.4. The summed E-state index contributed by atoms with van der Waals surface area (Å²) >= 11 is 0. The molecular formula is C24H18F2N4O4. The standard InChI is InChI=1S/C24H18F2N4O4/c1-32-18-11-19(33-2)21(26)16(20(18)25)9-8-15-10-17(30-22(15)23(27)28-13-29-30)24(31)34-12-14-6-4-3-5-7-14/h3-7,10-11,13H,12H2,1-2H3,(H2,27,28,29). The summed E-state index contributed by atoms with van der Waals surface area (Å²) in [6, 6.07) is 11.6. The monoisotopic (exact) mass is 464 g/mol. The smallest absolute Gasteiger partial charge is 0.357 e. The summed E-state index contributed by atoms with van der Waals surface area (Å²) < 4.78 is 45.8. The normalized spacial score (nSPS) is 10.5.